The number of hydrogen-bond acceptors (Lipinski definition) is 5. The standard InChI is InChI=1S/C22H27NO5S/c1-18(2)11-10-14-20(17-19-12-6-4-7-13-19)23(29(3,25)26)28-22(24)27-21-15-8-5-9-16-21/h4-9,11-13,15-16,20H,10,14,17H2,1-3H3. The summed E-state index contributed by atoms with van der Waals surface area (Å²) < 4.78 is 30.7. The first kappa shape index (κ1) is 22.6. The molecule has 156 valence electrons. The van der Waals surface area contributed by atoms with Crippen molar-refractivity contribution in [3.63, 3.8) is 0 Å². The Labute approximate surface area is 172 Å². The fraction of sp³-hybridized carbons (Fsp3) is 0.318. The van der Waals surface area contributed by atoms with Gasteiger partial charge in [-0.2, -0.15) is 0 Å². The number of hydrogen-bond donors (Lipinski definition) is 0. The van der Waals surface area contributed by atoms with Crippen LogP contribution in [0, 0.1) is 0 Å². The van der Waals surface area contributed by atoms with Crippen molar-refractivity contribution in [2.45, 2.75) is 39.2 Å². The van der Waals surface area contributed by atoms with Crippen LogP contribution in [0.5, 0.6) is 5.75 Å². The second-order valence-electron chi connectivity index (χ2n) is 6.98. The van der Waals surface area contributed by atoms with Crippen molar-refractivity contribution in [3.8, 4) is 5.75 Å². The van der Waals surface area contributed by atoms with E-state index < -0.39 is 22.2 Å². The van der Waals surface area contributed by atoms with Crippen molar-refractivity contribution >= 4 is 16.2 Å². The molecule has 0 saturated heterocycles. The lowest BCUT2D eigenvalue weighted by atomic mass is 10.0. The summed E-state index contributed by atoms with van der Waals surface area (Å²) in [5, 5.41) is 0. The lowest BCUT2D eigenvalue weighted by Gasteiger charge is -2.27. The molecule has 0 aliphatic carbocycles. The number of para-hydroxylation sites is 1. The molecule has 0 amide bonds. The lowest BCUT2D eigenvalue weighted by molar-refractivity contribution is -0.0732. The Bertz CT molecular complexity index is 907. The maximum atomic E-state index is 12.4. The molecule has 6 nitrogen and oxygen atoms in total. The molecule has 0 N–H and O–H groups in total. The minimum atomic E-state index is -3.83. The van der Waals surface area contributed by atoms with E-state index in [0.29, 0.717) is 19.3 Å². The first-order valence-corrected chi connectivity index (χ1v) is 11.2. The van der Waals surface area contributed by atoms with Gasteiger partial charge in [0.15, 0.2) is 0 Å². The Morgan fingerprint density at radius 3 is 2.17 bits per heavy atom. The van der Waals surface area contributed by atoms with Crippen LogP contribution in [-0.2, 0) is 21.3 Å². The third-order valence-electron chi connectivity index (χ3n) is 4.10. The van der Waals surface area contributed by atoms with Crippen molar-refractivity contribution < 1.29 is 22.8 Å². The van der Waals surface area contributed by atoms with E-state index in [4.69, 9.17) is 9.57 Å². The molecule has 1 atom stereocenters. The molecular weight excluding hydrogens is 390 g/mol. The summed E-state index contributed by atoms with van der Waals surface area (Å²) in [6.45, 7) is 3.96. The van der Waals surface area contributed by atoms with Crippen LogP contribution in [0.4, 0.5) is 4.79 Å². The van der Waals surface area contributed by atoms with Crippen molar-refractivity contribution in [1.29, 1.82) is 0 Å². The summed E-state index contributed by atoms with van der Waals surface area (Å²) in [5.41, 5.74) is 2.09. The number of allylic oxidation sites excluding steroid dienone is 2. The zero-order valence-corrected chi connectivity index (χ0v) is 17.8. The Hall–Kier alpha value is -2.64. The second-order valence-corrected chi connectivity index (χ2v) is 8.80. The first-order chi connectivity index (χ1) is 13.8. The van der Waals surface area contributed by atoms with Gasteiger partial charge >= 0.3 is 6.16 Å². The van der Waals surface area contributed by atoms with Gasteiger partial charge < -0.3 is 9.57 Å². The van der Waals surface area contributed by atoms with Crippen LogP contribution in [0.25, 0.3) is 0 Å². The Kier molecular flexibility index (Phi) is 8.42. The highest BCUT2D eigenvalue weighted by atomic mass is 32.2. The number of ether oxygens (including phenoxy) is 1. The fourth-order valence-corrected chi connectivity index (χ4v) is 3.74. The molecule has 7 heteroatoms. The maximum Gasteiger partial charge on any atom is 0.534 e. The van der Waals surface area contributed by atoms with E-state index in [-0.39, 0.29) is 5.75 Å². The lowest BCUT2D eigenvalue weighted by Crippen LogP contribution is -2.43. The molecule has 0 aromatic heterocycles. The SMILES string of the molecule is CC(C)=CCCC(Cc1ccccc1)N(OC(=O)Oc1ccccc1)S(C)(=O)=O. The minimum Gasteiger partial charge on any atom is -0.394 e. The number of rotatable bonds is 9. The molecule has 2 rings (SSSR count). The molecule has 2 aromatic rings. The van der Waals surface area contributed by atoms with Gasteiger partial charge in [0.1, 0.15) is 5.75 Å². The Balaban J connectivity index is 2.21. The van der Waals surface area contributed by atoms with Gasteiger partial charge in [0.05, 0.1) is 12.3 Å². The monoisotopic (exact) mass is 417 g/mol. The molecular formula is C22H27NO5S. The number of sulfonamides is 1. The zero-order chi connectivity index (χ0) is 21.3. The van der Waals surface area contributed by atoms with E-state index in [9.17, 15) is 13.2 Å². The van der Waals surface area contributed by atoms with Crippen LogP contribution in [0.3, 0.4) is 0 Å². The van der Waals surface area contributed by atoms with Gasteiger partial charge in [-0.05, 0) is 55.3 Å². The highest BCUT2D eigenvalue weighted by Crippen LogP contribution is 2.20. The molecule has 0 saturated carbocycles. The first-order valence-electron chi connectivity index (χ1n) is 9.37. The summed E-state index contributed by atoms with van der Waals surface area (Å²) in [4.78, 5) is 17.4. The van der Waals surface area contributed by atoms with Gasteiger partial charge in [-0.15, -0.1) is 0 Å². The van der Waals surface area contributed by atoms with E-state index in [1.165, 1.54) is 0 Å². The van der Waals surface area contributed by atoms with Crippen LogP contribution < -0.4 is 4.74 Å². The normalized spacial score (nSPS) is 12.3. The van der Waals surface area contributed by atoms with Crippen LogP contribution in [0.15, 0.2) is 72.3 Å². The molecule has 0 aliphatic heterocycles. The number of hydroxylamine groups is 1. The van der Waals surface area contributed by atoms with Crippen LogP contribution in [0.2, 0.25) is 0 Å². The molecule has 1 unspecified atom stereocenters. The Morgan fingerprint density at radius 2 is 1.62 bits per heavy atom. The topological polar surface area (TPSA) is 72.9 Å². The molecule has 0 bridgehead atoms. The number of nitrogens with zero attached hydrogens (tertiary/aromatic N) is 1. The fourth-order valence-electron chi connectivity index (χ4n) is 2.82. The average molecular weight is 418 g/mol. The van der Waals surface area contributed by atoms with Crippen molar-refractivity contribution in [2.75, 3.05) is 6.26 Å². The van der Waals surface area contributed by atoms with Gasteiger partial charge in [-0.3, -0.25) is 0 Å². The van der Waals surface area contributed by atoms with Gasteiger partial charge in [-0.25, -0.2) is 13.2 Å². The summed E-state index contributed by atoms with van der Waals surface area (Å²) in [6.07, 6.45) is 3.50. The van der Waals surface area contributed by atoms with Gasteiger partial charge in [0, 0.05) is 0 Å². The molecule has 29 heavy (non-hydrogen) atoms. The smallest absolute Gasteiger partial charge is 0.394 e. The second kappa shape index (κ2) is 10.8. The van der Waals surface area contributed by atoms with Crippen molar-refractivity contribution in [3.05, 3.63) is 77.9 Å². The summed E-state index contributed by atoms with van der Waals surface area (Å²) >= 11 is 0. The van der Waals surface area contributed by atoms with E-state index in [1.54, 1.807) is 30.3 Å². The van der Waals surface area contributed by atoms with E-state index >= 15 is 0 Å². The molecule has 0 spiro atoms. The highest BCUT2D eigenvalue weighted by Gasteiger charge is 2.31. The molecule has 0 radical (unpaired) electrons. The average Bonchev–Trinajstić information content (AvgIpc) is 2.66. The third-order valence-corrected chi connectivity index (χ3v) is 5.13. The molecule has 0 heterocycles. The quantitative estimate of drug-likeness (QED) is 0.255. The van der Waals surface area contributed by atoms with E-state index in [2.05, 4.69) is 0 Å². The molecule has 0 aliphatic rings. The maximum absolute atomic E-state index is 12.4. The minimum absolute atomic E-state index is 0.273. The summed E-state index contributed by atoms with van der Waals surface area (Å²) in [5.74, 6) is 0.273. The summed E-state index contributed by atoms with van der Waals surface area (Å²) in [7, 11) is -3.83. The number of benzene rings is 2. The number of carbonyl (C=O) groups excluding carboxylic acids is 1. The third kappa shape index (κ3) is 8.09. The zero-order valence-electron chi connectivity index (χ0n) is 16.9. The van der Waals surface area contributed by atoms with E-state index in [1.807, 2.05) is 50.3 Å². The van der Waals surface area contributed by atoms with Crippen LogP contribution >= 0.6 is 0 Å². The molecule has 2 aromatic carbocycles. The predicted octanol–water partition coefficient (Wildman–Crippen LogP) is 4.74. The predicted molar refractivity (Wildman–Crippen MR) is 113 cm³/mol. The summed E-state index contributed by atoms with van der Waals surface area (Å²) in [6, 6.07) is 17.3. The van der Waals surface area contributed by atoms with Crippen molar-refractivity contribution in [2.24, 2.45) is 0 Å². The van der Waals surface area contributed by atoms with Crippen LogP contribution in [0.1, 0.15) is 32.3 Å². The van der Waals surface area contributed by atoms with Gasteiger partial charge in [0.2, 0.25) is 10.0 Å². The van der Waals surface area contributed by atoms with Gasteiger partial charge in [-0.1, -0.05) is 60.2 Å². The Morgan fingerprint density at radius 1 is 1.03 bits per heavy atom. The van der Waals surface area contributed by atoms with E-state index in [0.717, 1.165) is 21.9 Å². The van der Waals surface area contributed by atoms with Crippen LogP contribution in [-0.4, -0.2) is 31.3 Å². The van der Waals surface area contributed by atoms with Gasteiger partial charge in [0.25, 0.3) is 0 Å². The van der Waals surface area contributed by atoms with Crippen molar-refractivity contribution in [1.82, 2.24) is 4.47 Å². The number of carbonyl (C=O) groups is 1. The molecule has 0 fully saturated rings. The largest absolute Gasteiger partial charge is 0.534 e. The highest BCUT2D eigenvalue weighted by molar-refractivity contribution is 7.88.